The Kier molecular flexibility index (Phi) is 3.53. The molecule has 0 saturated heterocycles. The molecule has 1 amide bonds. The number of hydrogen-bond acceptors (Lipinski definition) is 2. The second-order valence-corrected chi connectivity index (χ2v) is 5.31. The average molecular weight is 199 g/mol. The van der Waals surface area contributed by atoms with Crippen molar-refractivity contribution in [1.29, 1.82) is 0 Å². The average Bonchev–Trinajstić information content (AvgIpc) is 1.96. The number of rotatable bonds is 3. The van der Waals surface area contributed by atoms with Gasteiger partial charge in [0, 0.05) is 0 Å². The van der Waals surface area contributed by atoms with Gasteiger partial charge in [0.25, 0.3) is 0 Å². The minimum Gasteiger partial charge on any atom is -0.368 e. The number of hydrogen-bond donors (Lipinski definition) is 1. The van der Waals surface area contributed by atoms with E-state index in [1.165, 1.54) is 6.42 Å². The Morgan fingerprint density at radius 1 is 1.50 bits per heavy atom. The predicted molar refractivity (Wildman–Crippen MR) is 55.7 cm³/mol. The molecule has 0 radical (unpaired) electrons. The van der Waals surface area contributed by atoms with Crippen LogP contribution in [0, 0.1) is 11.3 Å². The van der Waals surface area contributed by atoms with Gasteiger partial charge in [-0.2, -0.15) is 0 Å². The molecule has 2 atom stereocenters. The van der Waals surface area contributed by atoms with Crippen LogP contribution in [0.25, 0.3) is 0 Å². The Labute approximate surface area is 86.0 Å². The highest BCUT2D eigenvalue weighted by Gasteiger charge is 2.32. The van der Waals surface area contributed by atoms with Crippen molar-refractivity contribution in [3.63, 3.8) is 0 Å². The first kappa shape index (κ1) is 11.5. The quantitative estimate of drug-likeness (QED) is 0.752. The van der Waals surface area contributed by atoms with Gasteiger partial charge >= 0.3 is 0 Å². The van der Waals surface area contributed by atoms with E-state index < -0.39 is 0 Å². The van der Waals surface area contributed by atoms with Gasteiger partial charge in [0.05, 0.1) is 6.10 Å². The minimum atomic E-state index is -0.374. The fraction of sp³-hybridized carbons (Fsp3) is 0.909. The lowest BCUT2D eigenvalue weighted by Gasteiger charge is -2.38. The van der Waals surface area contributed by atoms with Crippen LogP contribution in [0.4, 0.5) is 0 Å². The summed E-state index contributed by atoms with van der Waals surface area (Å²) in [6, 6.07) is 0. The lowest BCUT2D eigenvalue weighted by molar-refractivity contribution is -0.126. The summed E-state index contributed by atoms with van der Waals surface area (Å²) in [6.45, 7) is 6.81. The maximum Gasteiger partial charge on any atom is 0.243 e. The smallest absolute Gasteiger partial charge is 0.243 e. The van der Waals surface area contributed by atoms with E-state index in [-0.39, 0.29) is 18.6 Å². The van der Waals surface area contributed by atoms with E-state index in [0.717, 1.165) is 12.8 Å². The van der Waals surface area contributed by atoms with E-state index in [1.54, 1.807) is 0 Å². The Hall–Kier alpha value is -0.570. The molecule has 1 fully saturated rings. The molecule has 3 nitrogen and oxygen atoms in total. The van der Waals surface area contributed by atoms with Crippen molar-refractivity contribution in [2.24, 2.45) is 17.1 Å². The first-order valence-corrected chi connectivity index (χ1v) is 5.29. The first-order valence-electron chi connectivity index (χ1n) is 5.29. The lowest BCUT2D eigenvalue weighted by atomic mass is 9.71. The van der Waals surface area contributed by atoms with E-state index in [1.807, 2.05) is 0 Å². The first-order chi connectivity index (χ1) is 6.39. The van der Waals surface area contributed by atoms with Gasteiger partial charge in [-0.3, -0.25) is 4.79 Å². The third kappa shape index (κ3) is 3.66. The molecule has 3 heteroatoms. The third-order valence-corrected chi connectivity index (χ3v) is 2.81. The Morgan fingerprint density at radius 2 is 2.14 bits per heavy atom. The summed E-state index contributed by atoms with van der Waals surface area (Å²) in [5.74, 6) is 0.303. The zero-order valence-electron chi connectivity index (χ0n) is 9.38. The van der Waals surface area contributed by atoms with E-state index in [4.69, 9.17) is 10.5 Å². The molecule has 0 aromatic carbocycles. The topological polar surface area (TPSA) is 52.3 Å². The Balaban J connectivity index is 2.42. The van der Waals surface area contributed by atoms with Crippen LogP contribution >= 0.6 is 0 Å². The number of amides is 1. The zero-order chi connectivity index (χ0) is 10.8. The largest absolute Gasteiger partial charge is 0.368 e. The van der Waals surface area contributed by atoms with E-state index in [9.17, 15) is 4.79 Å². The van der Waals surface area contributed by atoms with Crippen molar-refractivity contribution in [2.45, 2.75) is 46.1 Å². The van der Waals surface area contributed by atoms with Crippen LogP contribution in [0.2, 0.25) is 0 Å². The van der Waals surface area contributed by atoms with Crippen LogP contribution in [0.15, 0.2) is 0 Å². The van der Waals surface area contributed by atoms with Gasteiger partial charge in [-0.05, 0) is 30.6 Å². The van der Waals surface area contributed by atoms with E-state index in [2.05, 4.69) is 20.8 Å². The molecule has 0 bridgehead atoms. The number of nitrogens with two attached hydrogens (primary N) is 1. The summed E-state index contributed by atoms with van der Waals surface area (Å²) in [5.41, 5.74) is 5.38. The minimum absolute atomic E-state index is 0.0630. The molecule has 1 rings (SSSR count). The molecule has 14 heavy (non-hydrogen) atoms. The van der Waals surface area contributed by atoms with Gasteiger partial charge in [0.15, 0.2) is 0 Å². The normalized spacial score (nSPS) is 31.4. The summed E-state index contributed by atoms with van der Waals surface area (Å²) in [6.07, 6.45) is 3.53. The number of primary amides is 1. The molecule has 0 heterocycles. The van der Waals surface area contributed by atoms with E-state index >= 15 is 0 Å². The standard InChI is InChI=1S/C11H21NO2/c1-8-4-9(14-7-10(12)13)6-11(2,3)5-8/h8-9H,4-7H2,1-3H3,(H2,12,13). The van der Waals surface area contributed by atoms with Gasteiger partial charge in [0.1, 0.15) is 6.61 Å². The van der Waals surface area contributed by atoms with Crippen molar-refractivity contribution >= 4 is 5.91 Å². The molecular formula is C11H21NO2. The molecule has 2 unspecified atom stereocenters. The highest BCUT2D eigenvalue weighted by molar-refractivity contribution is 5.75. The summed E-state index contributed by atoms with van der Waals surface area (Å²) >= 11 is 0. The highest BCUT2D eigenvalue weighted by Crippen LogP contribution is 2.39. The summed E-state index contributed by atoms with van der Waals surface area (Å²) in [7, 11) is 0. The monoisotopic (exact) mass is 199 g/mol. The molecular weight excluding hydrogens is 178 g/mol. The van der Waals surface area contributed by atoms with Gasteiger partial charge in [-0.15, -0.1) is 0 Å². The van der Waals surface area contributed by atoms with Gasteiger partial charge in [-0.25, -0.2) is 0 Å². The lowest BCUT2D eigenvalue weighted by Crippen LogP contribution is -2.34. The molecule has 0 aromatic rings. The number of ether oxygens (including phenoxy) is 1. The summed E-state index contributed by atoms with van der Waals surface area (Å²) in [4.78, 5) is 10.6. The fourth-order valence-electron chi connectivity index (χ4n) is 2.59. The molecule has 1 aliphatic carbocycles. The van der Waals surface area contributed by atoms with Crippen molar-refractivity contribution in [1.82, 2.24) is 0 Å². The van der Waals surface area contributed by atoms with Crippen molar-refractivity contribution in [3.05, 3.63) is 0 Å². The van der Waals surface area contributed by atoms with Gasteiger partial charge in [-0.1, -0.05) is 20.8 Å². The van der Waals surface area contributed by atoms with Crippen LogP contribution in [0.1, 0.15) is 40.0 Å². The SMILES string of the molecule is CC1CC(OCC(N)=O)CC(C)(C)C1. The maximum absolute atomic E-state index is 10.6. The second-order valence-electron chi connectivity index (χ2n) is 5.31. The zero-order valence-corrected chi connectivity index (χ0v) is 9.38. The third-order valence-electron chi connectivity index (χ3n) is 2.81. The molecule has 0 aromatic heterocycles. The van der Waals surface area contributed by atoms with Crippen LogP contribution < -0.4 is 5.73 Å². The summed E-state index contributed by atoms with van der Waals surface area (Å²) < 4.78 is 5.48. The van der Waals surface area contributed by atoms with Crippen LogP contribution in [0.3, 0.4) is 0 Å². The number of carbonyl (C=O) groups is 1. The molecule has 2 N–H and O–H groups in total. The Morgan fingerprint density at radius 3 is 2.64 bits per heavy atom. The van der Waals surface area contributed by atoms with Gasteiger partial charge in [0.2, 0.25) is 5.91 Å². The van der Waals surface area contributed by atoms with Crippen LogP contribution in [0.5, 0.6) is 0 Å². The second kappa shape index (κ2) is 4.30. The molecule has 1 aliphatic rings. The molecule has 0 spiro atoms. The van der Waals surface area contributed by atoms with E-state index in [0.29, 0.717) is 11.3 Å². The predicted octanol–water partition coefficient (Wildman–Crippen LogP) is 1.70. The van der Waals surface area contributed by atoms with Crippen LogP contribution in [-0.2, 0) is 9.53 Å². The van der Waals surface area contributed by atoms with Crippen molar-refractivity contribution in [2.75, 3.05) is 6.61 Å². The van der Waals surface area contributed by atoms with Crippen molar-refractivity contribution in [3.8, 4) is 0 Å². The maximum atomic E-state index is 10.6. The Bertz CT molecular complexity index is 213. The molecule has 0 aliphatic heterocycles. The summed E-state index contributed by atoms with van der Waals surface area (Å²) in [5, 5.41) is 0. The highest BCUT2D eigenvalue weighted by atomic mass is 16.5. The fourth-order valence-corrected chi connectivity index (χ4v) is 2.59. The van der Waals surface area contributed by atoms with Crippen molar-refractivity contribution < 1.29 is 9.53 Å². The molecule has 82 valence electrons. The number of carbonyl (C=O) groups excluding carboxylic acids is 1. The van der Waals surface area contributed by atoms with Gasteiger partial charge < -0.3 is 10.5 Å². The molecule has 1 saturated carbocycles. The van der Waals surface area contributed by atoms with Crippen LogP contribution in [-0.4, -0.2) is 18.6 Å².